The zero-order valence-corrected chi connectivity index (χ0v) is 12.3. The predicted octanol–water partition coefficient (Wildman–Crippen LogP) is 3.18. The van der Waals surface area contributed by atoms with Gasteiger partial charge in [-0.15, -0.1) is 0 Å². The summed E-state index contributed by atoms with van der Waals surface area (Å²) in [6.07, 6.45) is 4.86. The van der Waals surface area contributed by atoms with Gasteiger partial charge in [0.15, 0.2) is 0 Å². The molecule has 0 aliphatic carbocycles. The van der Waals surface area contributed by atoms with E-state index in [0.717, 1.165) is 26.1 Å². The Morgan fingerprint density at radius 2 is 1.95 bits per heavy atom. The molecule has 0 radical (unpaired) electrons. The van der Waals surface area contributed by atoms with E-state index in [1.807, 2.05) is 0 Å². The molecular formula is C16H23NOS. The largest absolute Gasteiger partial charge is 0.381 e. The van der Waals surface area contributed by atoms with Crippen LogP contribution in [0.3, 0.4) is 0 Å². The fourth-order valence-corrected chi connectivity index (χ4v) is 4.31. The summed E-state index contributed by atoms with van der Waals surface area (Å²) in [5, 5.41) is 3.99. The normalized spacial score (nSPS) is 27.1. The van der Waals surface area contributed by atoms with E-state index in [-0.39, 0.29) is 5.54 Å². The van der Waals surface area contributed by atoms with Crippen molar-refractivity contribution < 1.29 is 4.74 Å². The van der Waals surface area contributed by atoms with Crippen LogP contribution >= 0.6 is 11.8 Å². The minimum Gasteiger partial charge on any atom is -0.381 e. The maximum Gasteiger partial charge on any atom is 0.0486 e. The smallest absolute Gasteiger partial charge is 0.0486 e. The van der Waals surface area contributed by atoms with E-state index in [2.05, 4.69) is 47.4 Å². The van der Waals surface area contributed by atoms with Crippen LogP contribution in [0.25, 0.3) is 0 Å². The predicted molar refractivity (Wildman–Crippen MR) is 81.7 cm³/mol. The lowest BCUT2D eigenvalue weighted by molar-refractivity contribution is 0.0319. The van der Waals surface area contributed by atoms with Crippen molar-refractivity contribution in [3.05, 3.63) is 35.9 Å². The van der Waals surface area contributed by atoms with Crippen LogP contribution in [0.2, 0.25) is 0 Å². The molecule has 0 amide bonds. The van der Waals surface area contributed by atoms with E-state index in [1.54, 1.807) is 0 Å². The lowest BCUT2D eigenvalue weighted by Crippen LogP contribution is -2.52. The van der Waals surface area contributed by atoms with E-state index in [9.17, 15) is 0 Å². The lowest BCUT2D eigenvalue weighted by Gasteiger charge is -2.42. The van der Waals surface area contributed by atoms with Gasteiger partial charge in [0.05, 0.1) is 0 Å². The van der Waals surface area contributed by atoms with E-state index >= 15 is 0 Å². The molecule has 1 atom stereocenters. The Bertz CT molecular complexity index is 383. The zero-order chi connectivity index (χ0) is 13.0. The van der Waals surface area contributed by atoms with Gasteiger partial charge < -0.3 is 10.1 Å². The Morgan fingerprint density at radius 1 is 1.16 bits per heavy atom. The molecule has 0 aromatic heterocycles. The van der Waals surface area contributed by atoms with E-state index < -0.39 is 0 Å². The summed E-state index contributed by atoms with van der Waals surface area (Å²) in [4.78, 5) is 0. The second kappa shape index (κ2) is 6.29. The second-order valence-corrected chi connectivity index (χ2v) is 6.77. The van der Waals surface area contributed by atoms with Crippen LogP contribution in [-0.4, -0.2) is 30.8 Å². The van der Waals surface area contributed by atoms with Gasteiger partial charge in [0, 0.05) is 30.5 Å². The van der Waals surface area contributed by atoms with Gasteiger partial charge in [-0.3, -0.25) is 0 Å². The fraction of sp³-hybridized carbons (Fsp3) is 0.625. The van der Waals surface area contributed by atoms with Gasteiger partial charge in [-0.25, -0.2) is 0 Å². The first-order valence-electron chi connectivity index (χ1n) is 7.38. The number of rotatable bonds is 3. The summed E-state index contributed by atoms with van der Waals surface area (Å²) in [7, 11) is 0. The number of hydrogen-bond acceptors (Lipinski definition) is 3. The number of hydrogen-bond donors (Lipinski definition) is 1. The standard InChI is InChI=1S/C16H23NOS/c1-2-5-14(6-3-1)16(8-10-18-11-9-16)17-15-7-4-12-19-13-15/h1-3,5-6,15,17H,4,7-13H2/t15-/m0/s1. The molecule has 0 unspecified atom stereocenters. The number of thioether (sulfide) groups is 1. The molecule has 2 heterocycles. The summed E-state index contributed by atoms with van der Waals surface area (Å²) in [5.74, 6) is 2.59. The van der Waals surface area contributed by atoms with Crippen LogP contribution in [0.1, 0.15) is 31.2 Å². The van der Waals surface area contributed by atoms with Crippen molar-refractivity contribution in [2.45, 2.75) is 37.3 Å². The highest BCUT2D eigenvalue weighted by Crippen LogP contribution is 2.34. The molecule has 0 saturated carbocycles. The molecule has 0 bridgehead atoms. The SMILES string of the molecule is c1ccc(C2(N[C@H]3CCCSC3)CCOCC2)cc1. The minimum absolute atomic E-state index is 0.141. The molecule has 19 heavy (non-hydrogen) atoms. The van der Waals surface area contributed by atoms with Crippen molar-refractivity contribution in [2.24, 2.45) is 0 Å². The van der Waals surface area contributed by atoms with Gasteiger partial charge in [0.25, 0.3) is 0 Å². The summed E-state index contributed by atoms with van der Waals surface area (Å²) in [6.45, 7) is 1.75. The molecule has 2 aliphatic heterocycles. The Labute approximate surface area is 120 Å². The van der Waals surface area contributed by atoms with Crippen molar-refractivity contribution in [1.82, 2.24) is 5.32 Å². The van der Waals surface area contributed by atoms with Gasteiger partial charge >= 0.3 is 0 Å². The Kier molecular flexibility index (Phi) is 4.46. The lowest BCUT2D eigenvalue weighted by atomic mass is 9.82. The summed E-state index contributed by atoms with van der Waals surface area (Å²) in [6, 6.07) is 11.6. The van der Waals surface area contributed by atoms with Crippen molar-refractivity contribution in [3.63, 3.8) is 0 Å². The van der Waals surface area contributed by atoms with Crippen molar-refractivity contribution in [1.29, 1.82) is 0 Å². The van der Waals surface area contributed by atoms with Crippen molar-refractivity contribution in [3.8, 4) is 0 Å². The molecule has 1 aromatic rings. The summed E-state index contributed by atoms with van der Waals surface area (Å²) in [5.41, 5.74) is 1.58. The first-order valence-corrected chi connectivity index (χ1v) is 8.53. The number of ether oxygens (including phenoxy) is 1. The van der Waals surface area contributed by atoms with Crippen LogP contribution in [0.4, 0.5) is 0 Å². The summed E-state index contributed by atoms with van der Waals surface area (Å²) < 4.78 is 5.59. The topological polar surface area (TPSA) is 21.3 Å². The fourth-order valence-electron chi connectivity index (χ4n) is 3.24. The minimum atomic E-state index is 0.141. The quantitative estimate of drug-likeness (QED) is 0.917. The van der Waals surface area contributed by atoms with E-state index in [1.165, 1.54) is 29.9 Å². The molecular weight excluding hydrogens is 254 g/mol. The van der Waals surface area contributed by atoms with Crippen LogP contribution in [0.15, 0.2) is 30.3 Å². The number of benzene rings is 1. The Hall–Kier alpha value is -0.510. The van der Waals surface area contributed by atoms with E-state index in [0.29, 0.717) is 6.04 Å². The Balaban J connectivity index is 1.79. The third kappa shape index (κ3) is 3.15. The molecule has 0 spiro atoms. The third-order valence-corrected chi connectivity index (χ3v) is 5.53. The molecule has 3 rings (SSSR count). The van der Waals surface area contributed by atoms with Gasteiger partial charge in [-0.1, -0.05) is 30.3 Å². The zero-order valence-electron chi connectivity index (χ0n) is 11.4. The van der Waals surface area contributed by atoms with Gasteiger partial charge in [0.1, 0.15) is 0 Å². The highest BCUT2D eigenvalue weighted by atomic mass is 32.2. The van der Waals surface area contributed by atoms with Gasteiger partial charge in [-0.2, -0.15) is 11.8 Å². The molecule has 1 N–H and O–H groups in total. The van der Waals surface area contributed by atoms with Crippen molar-refractivity contribution >= 4 is 11.8 Å². The van der Waals surface area contributed by atoms with Gasteiger partial charge in [0.2, 0.25) is 0 Å². The molecule has 2 aliphatic rings. The Morgan fingerprint density at radius 3 is 2.63 bits per heavy atom. The number of nitrogens with one attached hydrogen (secondary N) is 1. The third-order valence-electron chi connectivity index (χ3n) is 4.31. The maximum atomic E-state index is 5.59. The maximum absolute atomic E-state index is 5.59. The van der Waals surface area contributed by atoms with Crippen LogP contribution in [0.5, 0.6) is 0 Å². The van der Waals surface area contributed by atoms with E-state index in [4.69, 9.17) is 4.74 Å². The first kappa shape index (κ1) is 13.5. The van der Waals surface area contributed by atoms with Crippen LogP contribution in [0, 0.1) is 0 Å². The van der Waals surface area contributed by atoms with Crippen LogP contribution in [-0.2, 0) is 10.3 Å². The molecule has 3 heteroatoms. The van der Waals surface area contributed by atoms with Gasteiger partial charge in [-0.05, 0) is 37.0 Å². The highest BCUT2D eigenvalue weighted by molar-refractivity contribution is 7.99. The summed E-state index contributed by atoms with van der Waals surface area (Å²) >= 11 is 2.09. The molecule has 2 saturated heterocycles. The van der Waals surface area contributed by atoms with Crippen LogP contribution < -0.4 is 5.32 Å². The first-order chi connectivity index (χ1) is 9.39. The molecule has 2 nitrogen and oxygen atoms in total. The molecule has 104 valence electrons. The monoisotopic (exact) mass is 277 g/mol. The molecule has 1 aromatic carbocycles. The second-order valence-electron chi connectivity index (χ2n) is 5.62. The average Bonchev–Trinajstić information content (AvgIpc) is 2.50. The average molecular weight is 277 g/mol. The van der Waals surface area contributed by atoms with Crippen molar-refractivity contribution in [2.75, 3.05) is 24.7 Å². The molecule has 2 fully saturated rings. The highest BCUT2D eigenvalue weighted by Gasteiger charge is 2.36.